The zero-order valence-electron chi connectivity index (χ0n) is 9.65. The topological polar surface area (TPSA) is 32.9 Å². The molecule has 2 aromatic rings. The molecule has 0 saturated heterocycles. The maximum Gasteiger partial charge on any atom is 0.194 e. The number of benzene rings is 1. The third-order valence-electron chi connectivity index (χ3n) is 2.98. The number of aromatic nitrogens is 1. The second-order valence-electron chi connectivity index (χ2n) is 4.03. The molecule has 0 fully saturated rings. The summed E-state index contributed by atoms with van der Waals surface area (Å²) in [5, 5.41) is 1.14. The summed E-state index contributed by atoms with van der Waals surface area (Å²) in [6.07, 6.45) is 0.724. The summed E-state index contributed by atoms with van der Waals surface area (Å²) >= 11 is 6.10. The molecule has 2 rings (SSSR count). The largest absolute Gasteiger partial charge is 0.358 e. The van der Waals surface area contributed by atoms with Crippen LogP contribution in [-0.2, 0) is 6.42 Å². The highest BCUT2D eigenvalue weighted by Crippen LogP contribution is 2.23. The van der Waals surface area contributed by atoms with Crippen molar-refractivity contribution in [1.82, 2.24) is 4.98 Å². The Morgan fingerprint density at radius 1 is 1.31 bits per heavy atom. The van der Waals surface area contributed by atoms with Crippen LogP contribution in [0.4, 0.5) is 0 Å². The first-order valence-corrected chi connectivity index (χ1v) is 5.74. The number of H-pyrrole nitrogens is 1. The first kappa shape index (κ1) is 11.2. The van der Waals surface area contributed by atoms with E-state index in [9.17, 15) is 4.79 Å². The molecule has 84 valence electrons. The highest BCUT2D eigenvalue weighted by molar-refractivity contribution is 6.35. The van der Waals surface area contributed by atoms with E-state index in [1.807, 2.05) is 26.8 Å². The monoisotopic (exact) mass is 235 g/mol. The van der Waals surface area contributed by atoms with Gasteiger partial charge in [0.05, 0.1) is 15.9 Å². The quantitative estimate of drug-likeness (QED) is 0.808. The fourth-order valence-electron chi connectivity index (χ4n) is 2.07. The van der Waals surface area contributed by atoms with Gasteiger partial charge in [-0.15, -0.1) is 0 Å². The van der Waals surface area contributed by atoms with Gasteiger partial charge in [-0.2, -0.15) is 0 Å². The van der Waals surface area contributed by atoms with Crippen molar-refractivity contribution in [1.29, 1.82) is 0 Å². The molecule has 3 heteroatoms. The van der Waals surface area contributed by atoms with Gasteiger partial charge >= 0.3 is 0 Å². The van der Waals surface area contributed by atoms with Crippen LogP contribution >= 0.6 is 11.6 Å². The lowest BCUT2D eigenvalue weighted by Crippen LogP contribution is -2.13. The maximum atomic E-state index is 12.2. The molecule has 16 heavy (non-hydrogen) atoms. The van der Waals surface area contributed by atoms with E-state index in [-0.39, 0.29) is 5.43 Å². The fourth-order valence-corrected chi connectivity index (χ4v) is 2.32. The zero-order valence-corrected chi connectivity index (χ0v) is 10.4. The summed E-state index contributed by atoms with van der Waals surface area (Å²) in [6, 6.07) is 3.70. The molecular weight excluding hydrogens is 222 g/mol. The number of fused-ring (bicyclic) bond motifs is 1. The van der Waals surface area contributed by atoms with Gasteiger partial charge in [-0.1, -0.05) is 24.6 Å². The van der Waals surface area contributed by atoms with Crippen LogP contribution in [0.2, 0.25) is 5.02 Å². The Morgan fingerprint density at radius 2 is 2.00 bits per heavy atom. The molecule has 0 atom stereocenters. The van der Waals surface area contributed by atoms with Gasteiger partial charge < -0.3 is 4.98 Å². The predicted octanol–water partition coefficient (Wildman–Crippen LogP) is 3.36. The van der Waals surface area contributed by atoms with Crippen LogP contribution < -0.4 is 5.43 Å². The standard InChI is InChI=1S/C13H14ClNO/c1-4-9-8(3)15-12-7(2)5-6-10(14)11(12)13(9)16/h5-6H,4H2,1-3H3,(H,15,16). The van der Waals surface area contributed by atoms with Crippen molar-refractivity contribution in [3.05, 3.63) is 44.2 Å². The molecule has 0 radical (unpaired) electrons. The Labute approximate surface area is 99.3 Å². The number of hydrogen-bond donors (Lipinski definition) is 1. The first-order chi connectivity index (χ1) is 7.56. The van der Waals surface area contributed by atoms with Gasteiger partial charge in [-0.25, -0.2) is 0 Å². The van der Waals surface area contributed by atoms with Crippen LogP contribution in [0.1, 0.15) is 23.7 Å². The minimum Gasteiger partial charge on any atom is -0.358 e. The molecule has 0 saturated carbocycles. The highest BCUT2D eigenvalue weighted by Gasteiger charge is 2.11. The Hall–Kier alpha value is -1.28. The highest BCUT2D eigenvalue weighted by atomic mass is 35.5. The second kappa shape index (κ2) is 3.95. The molecule has 0 aliphatic heterocycles. The predicted molar refractivity (Wildman–Crippen MR) is 68.4 cm³/mol. The van der Waals surface area contributed by atoms with Gasteiger partial charge in [0.1, 0.15) is 0 Å². The average Bonchev–Trinajstić information content (AvgIpc) is 2.24. The summed E-state index contributed by atoms with van der Waals surface area (Å²) in [5.41, 5.74) is 3.71. The van der Waals surface area contributed by atoms with Gasteiger partial charge in [0.15, 0.2) is 5.43 Å². The molecule has 2 nitrogen and oxygen atoms in total. The molecule has 0 amide bonds. The van der Waals surface area contributed by atoms with E-state index in [2.05, 4.69) is 4.98 Å². The van der Waals surface area contributed by atoms with Crippen LogP contribution in [0.3, 0.4) is 0 Å². The minimum atomic E-state index is 0.0578. The van der Waals surface area contributed by atoms with E-state index in [1.165, 1.54) is 0 Å². The third-order valence-corrected chi connectivity index (χ3v) is 3.30. The number of aryl methyl sites for hydroxylation is 2. The van der Waals surface area contributed by atoms with Crippen LogP contribution in [-0.4, -0.2) is 4.98 Å². The molecule has 0 aliphatic rings. The number of pyridine rings is 1. The van der Waals surface area contributed by atoms with Crippen molar-refractivity contribution in [2.75, 3.05) is 0 Å². The van der Waals surface area contributed by atoms with Crippen LogP contribution in [0.15, 0.2) is 16.9 Å². The van der Waals surface area contributed by atoms with Gasteiger partial charge in [0, 0.05) is 11.3 Å². The Bertz CT molecular complexity index is 613. The lowest BCUT2D eigenvalue weighted by molar-refractivity contribution is 1.05. The van der Waals surface area contributed by atoms with E-state index >= 15 is 0 Å². The van der Waals surface area contributed by atoms with Crippen molar-refractivity contribution in [2.24, 2.45) is 0 Å². The molecule has 1 aromatic heterocycles. The van der Waals surface area contributed by atoms with Crippen LogP contribution in [0.25, 0.3) is 10.9 Å². The smallest absolute Gasteiger partial charge is 0.194 e. The van der Waals surface area contributed by atoms with Crippen molar-refractivity contribution in [3.63, 3.8) is 0 Å². The molecule has 0 unspecified atom stereocenters. The minimum absolute atomic E-state index is 0.0578. The third kappa shape index (κ3) is 1.54. The van der Waals surface area contributed by atoms with E-state index in [0.717, 1.165) is 28.8 Å². The number of hydrogen-bond acceptors (Lipinski definition) is 1. The van der Waals surface area contributed by atoms with Crippen molar-refractivity contribution in [3.8, 4) is 0 Å². The van der Waals surface area contributed by atoms with Crippen molar-refractivity contribution >= 4 is 22.5 Å². The second-order valence-corrected chi connectivity index (χ2v) is 4.43. The number of aromatic amines is 1. The normalized spacial score (nSPS) is 11.0. The summed E-state index contributed by atoms with van der Waals surface area (Å²) in [5.74, 6) is 0. The lowest BCUT2D eigenvalue weighted by atomic mass is 10.0. The number of halogens is 1. The van der Waals surface area contributed by atoms with E-state index in [4.69, 9.17) is 11.6 Å². The van der Waals surface area contributed by atoms with Crippen LogP contribution in [0, 0.1) is 13.8 Å². The first-order valence-electron chi connectivity index (χ1n) is 5.36. The molecule has 0 spiro atoms. The van der Waals surface area contributed by atoms with E-state index < -0.39 is 0 Å². The fraction of sp³-hybridized carbons (Fsp3) is 0.308. The van der Waals surface area contributed by atoms with Crippen molar-refractivity contribution < 1.29 is 0 Å². The number of nitrogens with one attached hydrogen (secondary N) is 1. The van der Waals surface area contributed by atoms with Gasteiger partial charge in [-0.05, 0) is 31.9 Å². The zero-order chi connectivity index (χ0) is 11.9. The molecular formula is C13H14ClNO. The Balaban J connectivity index is 3.05. The summed E-state index contributed by atoms with van der Waals surface area (Å²) in [4.78, 5) is 15.5. The van der Waals surface area contributed by atoms with E-state index in [1.54, 1.807) is 6.07 Å². The summed E-state index contributed by atoms with van der Waals surface area (Å²) in [7, 11) is 0. The Morgan fingerprint density at radius 3 is 2.62 bits per heavy atom. The molecule has 1 heterocycles. The lowest BCUT2D eigenvalue weighted by Gasteiger charge is -2.09. The van der Waals surface area contributed by atoms with E-state index in [0.29, 0.717) is 10.4 Å². The molecule has 0 aliphatic carbocycles. The van der Waals surface area contributed by atoms with Crippen LogP contribution in [0.5, 0.6) is 0 Å². The van der Waals surface area contributed by atoms with Gasteiger partial charge in [0.25, 0.3) is 0 Å². The summed E-state index contributed by atoms with van der Waals surface area (Å²) in [6.45, 7) is 5.88. The molecule has 0 bridgehead atoms. The number of rotatable bonds is 1. The molecule has 1 N–H and O–H groups in total. The van der Waals surface area contributed by atoms with Crippen molar-refractivity contribution in [2.45, 2.75) is 27.2 Å². The molecule has 1 aromatic carbocycles. The average molecular weight is 236 g/mol. The maximum absolute atomic E-state index is 12.2. The SMILES string of the molecule is CCc1c(C)[nH]c2c(C)ccc(Cl)c2c1=O. The van der Waals surface area contributed by atoms with Gasteiger partial charge in [0.2, 0.25) is 0 Å². The Kier molecular flexibility index (Phi) is 2.76. The van der Waals surface area contributed by atoms with Gasteiger partial charge in [-0.3, -0.25) is 4.79 Å². The summed E-state index contributed by atoms with van der Waals surface area (Å²) < 4.78 is 0.